The SMILES string of the molecule is CC(=O)N(CC(=O)NCc1ccccc1F)c1ccccc1OC(C)C. The first-order valence-corrected chi connectivity index (χ1v) is 8.42. The average molecular weight is 358 g/mol. The highest BCUT2D eigenvalue weighted by atomic mass is 19.1. The molecule has 0 spiro atoms. The largest absolute Gasteiger partial charge is 0.489 e. The fourth-order valence-corrected chi connectivity index (χ4v) is 2.43. The summed E-state index contributed by atoms with van der Waals surface area (Å²) in [5.74, 6) is -0.528. The summed E-state index contributed by atoms with van der Waals surface area (Å²) in [5, 5.41) is 2.64. The van der Waals surface area contributed by atoms with Crippen molar-refractivity contribution in [2.24, 2.45) is 0 Å². The molecule has 0 bridgehead atoms. The number of hydrogen-bond donors (Lipinski definition) is 1. The molecular weight excluding hydrogens is 335 g/mol. The van der Waals surface area contributed by atoms with Gasteiger partial charge in [0, 0.05) is 19.0 Å². The maximum absolute atomic E-state index is 13.6. The summed E-state index contributed by atoms with van der Waals surface area (Å²) in [6.07, 6.45) is -0.0696. The van der Waals surface area contributed by atoms with Crippen LogP contribution in [0.4, 0.5) is 10.1 Å². The number of nitrogens with zero attached hydrogens (tertiary/aromatic N) is 1. The quantitative estimate of drug-likeness (QED) is 0.826. The van der Waals surface area contributed by atoms with Crippen LogP contribution in [0.25, 0.3) is 0 Å². The Morgan fingerprint density at radius 2 is 1.77 bits per heavy atom. The molecule has 0 radical (unpaired) electrons. The number of rotatable bonds is 7. The number of anilines is 1. The van der Waals surface area contributed by atoms with Crippen LogP contribution in [0.3, 0.4) is 0 Å². The van der Waals surface area contributed by atoms with Gasteiger partial charge in [-0.05, 0) is 32.0 Å². The fraction of sp³-hybridized carbons (Fsp3) is 0.300. The van der Waals surface area contributed by atoms with Crippen molar-refractivity contribution in [2.75, 3.05) is 11.4 Å². The van der Waals surface area contributed by atoms with E-state index in [-0.39, 0.29) is 36.8 Å². The summed E-state index contributed by atoms with van der Waals surface area (Å²) < 4.78 is 19.4. The highest BCUT2D eigenvalue weighted by Gasteiger charge is 2.20. The van der Waals surface area contributed by atoms with Crippen molar-refractivity contribution in [3.8, 4) is 5.75 Å². The van der Waals surface area contributed by atoms with Crippen LogP contribution in [0.15, 0.2) is 48.5 Å². The van der Waals surface area contributed by atoms with Crippen molar-refractivity contribution < 1.29 is 18.7 Å². The van der Waals surface area contributed by atoms with Gasteiger partial charge in [-0.3, -0.25) is 14.5 Å². The van der Waals surface area contributed by atoms with Gasteiger partial charge in [0.15, 0.2) is 0 Å². The minimum atomic E-state index is -0.386. The standard InChI is InChI=1S/C20H23FN2O3/c1-14(2)26-19-11-7-6-10-18(19)23(15(3)24)13-20(25)22-12-16-8-4-5-9-17(16)21/h4-11,14H,12-13H2,1-3H3,(H,22,25). The summed E-state index contributed by atoms with van der Waals surface area (Å²) >= 11 is 0. The summed E-state index contributed by atoms with van der Waals surface area (Å²) in [5.41, 5.74) is 0.911. The minimum absolute atomic E-state index is 0.0569. The van der Waals surface area contributed by atoms with Gasteiger partial charge >= 0.3 is 0 Å². The average Bonchev–Trinajstić information content (AvgIpc) is 2.59. The van der Waals surface area contributed by atoms with E-state index in [9.17, 15) is 14.0 Å². The van der Waals surface area contributed by atoms with Crippen molar-refractivity contribution in [3.63, 3.8) is 0 Å². The molecule has 0 aromatic heterocycles. The lowest BCUT2D eigenvalue weighted by Gasteiger charge is -2.24. The maximum atomic E-state index is 13.6. The molecule has 1 N–H and O–H groups in total. The van der Waals surface area contributed by atoms with Crippen LogP contribution in [0.2, 0.25) is 0 Å². The van der Waals surface area contributed by atoms with Crippen LogP contribution in [0.1, 0.15) is 26.3 Å². The Balaban J connectivity index is 2.10. The van der Waals surface area contributed by atoms with Crippen LogP contribution < -0.4 is 15.0 Å². The maximum Gasteiger partial charge on any atom is 0.240 e. The Hall–Kier alpha value is -2.89. The molecule has 2 aromatic carbocycles. The number of carbonyl (C=O) groups is 2. The van der Waals surface area contributed by atoms with Gasteiger partial charge in [0.05, 0.1) is 11.8 Å². The molecule has 0 saturated carbocycles. The number of halogens is 1. The Kier molecular flexibility index (Phi) is 6.72. The van der Waals surface area contributed by atoms with Crippen molar-refractivity contribution in [3.05, 3.63) is 59.9 Å². The molecular formula is C20H23FN2O3. The highest BCUT2D eigenvalue weighted by Crippen LogP contribution is 2.29. The molecule has 2 aromatic rings. The first-order valence-electron chi connectivity index (χ1n) is 8.42. The van der Waals surface area contributed by atoms with Gasteiger partial charge in [0.2, 0.25) is 11.8 Å². The zero-order valence-corrected chi connectivity index (χ0v) is 15.2. The van der Waals surface area contributed by atoms with Crippen molar-refractivity contribution in [1.82, 2.24) is 5.32 Å². The van der Waals surface area contributed by atoms with E-state index < -0.39 is 0 Å². The number of amides is 2. The molecule has 0 atom stereocenters. The molecule has 0 unspecified atom stereocenters. The molecule has 0 heterocycles. The lowest BCUT2D eigenvalue weighted by Crippen LogP contribution is -2.40. The molecule has 138 valence electrons. The third-order valence-corrected chi connectivity index (χ3v) is 3.63. The molecule has 26 heavy (non-hydrogen) atoms. The first-order chi connectivity index (χ1) is 12.4. The first kappa shape index (κ1) is 19.4. The lowest BCUT2D eigenvalue weighted by molar-refractivity contribution is -0.123. The van der Waals surface area contributed by atoms with E-state index in [0.29, 0.717) is 17.0 Å². The van der Waals surface area contributed by atoms with E-state index in [1.165, 1.54) is 17.9 Å². The Morgan fingerprint density at radius 3 is 2.42 bits per heavy atom. The smallest absolute Gasteiger partial charge is 0.240 e. The van der Waals surface area contributed by atoms with Crippen molar-refractivity contribution in [1.29, 1.82) is 0 Å². The second-order valence-corrected chi connectivity index (χ2v) is 6.11. The second kappa shape index (κ2) is 8.99. The van der Waals surface area contributed by atoms with Crippen LogP contribution in [0, 0.1) is 5.82 Å². The van der Waals surface area contributed by atoms with E-state index in [4.69, 9.17) is 4.74 Å². The normalized spacial score (nSPS) is 10.5. The van der Waals surface area contributed by atoms with Gasteiger partial charge in [0.25, 0.3) is 0 Å². The molecule has 0 aliphatic heterocycles. The Bertz CT molecular complexity index is 777. The van der Waals surface area contributed by atoms with Gasteiger partial charge in [-0.1, -0.05) is 30.3 Å². The van der Waals surface area contributed by atoms with Crippen LogP contribution in [-0.2, 0) is 16.1 Å². The number of benzene rings is 2. The predicted octanol–water partition coefficient (Wildman–Crippen LogP) is 3.28. The summed E-state index contributed by atoms with van der Waals surface area (Å²) in [6.45, 7) is 5.03. The number of para-hydroxylation sites is 2. The zero-order valence-electron chi connectivity index (χ0n) is 15.2. The molecule has 5 nitrogen and oxygen atoms in total. The Morgan fingerprint density at radius 1 is 1.12 bits per heavy atom. The van der Waals surface area contributed by atoms with Gasteiger partial charge in [-0.25, -0.2) is 4.39 Å². The van der Waals surface area contributed by atoms with Crippen molar-refractivity contribution in [2.45, 2.75) is 33.4 Å². The number of ether oxygens (including phenoxy) is 1. The molecule has 0 aliphatic rings. The van der Waals surface area contributed by atoms with Crippen molar-refractivity contribution >= 4 is 17.5 Å². The van der Waals surface area contributed by atoms with Gasteiger partial charge in [-0.2, -0.15) is 0 Å². The van der Waals surface area contributed by atoms with E-state index in [0.717, 1.165) is 0 Å². The molecule has 0 aliphatic carbocycles. The van der Waals surface area contributed by atoms with E-state index in [1.807, 2.05) is 13.8 Å². The third kappa shape index (κ3) is 5.31. The second-order valence-electron chi connectivity index (χ2n) is 6.11. The Labute approximate surface area is 152 Å². The van der Waals surface area contributed by atoms with E-state index in [1.54, 1.807) is 42.5 Å². The van der Waals surface area contributed by atoms with Crippen LogP contribution >= 0.6 is 0 Å². The summed E-state index contributed by atoms with van der Waals surface area (Å²) in [6, 6.07) is 13.3. The van der Waals surface area contributed by atoms with Crippen LogP contribution in [0.5, 0.6) is 5.75 Å². The molecule has 6 heteroatoms. The number of carbonyl (C=O) groups excluding carboxylic acids is 2. The topological polar surface area (TPSA) is 58.6 Å². The summed E-state index contributed by atoms with van der Waals surface area (Å²) in [7, 11) is 0. The highest BCUT2D eigenvalue weighted by molar-refractivity contribution is 5.98. The molecule has 2 rings (SSSR count). The number of hydrogen-bond acceptors (Lipinski definition) is 3. The van der Waals surface area contributed by atoms with E-state index >= 15 is 0 Å². The minimum Gasteiger partial charge on any atom is -0.489 e. The zero-order chi connectivity index (χ0) is 19.1. The van der Waals surface area contributed by atoms with Gasteiger partial charge < -0.3 is 10.1 Å². The number of nitrogens with one attached hydrogen (secondary N) is 1. The third-order valence-electron chi connectivity index (χ3n) is 3.63. The van der Waals surface area contributed by atoms with Gasteiger partial charge in [-0.15, -0.1) is 0 Å². The molecule has 0 saturated heterocycles. The van der Waals surface area contributed by atoms with Gasteiger partial charge in [0.1, 0.15) is 18.1 Å². The van der Waals surface area contributed by atoms with E-state index in [2.05, 4.69) is 5.32 Å². The monoisotopic (exact) mass is 358 g/mol. The summed E-state index contributed by atoms with van der Waals surface area (Å²) in [4.78, 5) is 25.7. The fourth-order valence-electron chi connectivity index (χ4n) is 2.43. The predicted molar refractivity (Wildman–Crippen MR) is 98.5 cm³/mol. The molecule has 0 fully saturated rings. The van der Waals surface area contributed by atoms with Crippen LogP contribution in [-0.4, -0.2) is 24.5 Å². The lowest BCUT2D eigenvalue weighted by atomic mass is 10.2. The molecule has 2 amide bonds.